The van der Waals surface area contributed by atoms with Crippen LogP contribution in [0, 0.1) is 5.82 Å². The zero-order valence-corrected chi connectivity index (χ0v) is 13.0. The van der Waals surface area contributed by atoms with E-state index >= 15 is 0 Å². The average Bonchev–Trinajstić information content (AvgIpc) is 2.48. The lowest BCUT2D eigenvalue weighted by atomic mass is 10.0. The molecule has 0 atom stereocenters. The molecule has 6 heteroatoms. The molecule has 0 saturated heterocycles. The molecule has 2 rings (SSSR count). The van der Waals surface area contributed by atoms with Crippen molar-refractivity contribution in [2.24, 2.45) is 0 Å². The largest absolute Gasteiger partial charge is 0.325 e. The van der Waals surface area contributed by atoms with E-state index in [1.165, 1.54) is 49.4 Å². The highest BCUT2D eigenvalue weighted by Gasteiger charge is 2.19. The molecule has 0 aliphatic carbocycles. The van der Waals surface area contributed by atoms with Gasteiger partial charge in [0, 0.05) is 10.6 Å². The Morgan fingerprint density at radius 3 is 2.43 bits per heavy atom. The van der Waals surface area contributed by atoms with Crippen molar-refractivity contribution in [3.05, 3.63) is 64.4 Å². The Kier molecular flexibility index (Phi) is 5.24. The van der Waals surface area contributed by atoms with Crippen molar-refractivity contribution in [2.75, 3.05) is 5.32 Å². The summed E-state index contributed by atoms with van der Waals surface area (Å²) in [5.41, 5.74) is 0.102. The van der Waals surface area contributed by atoms with Crippen molar-refractivity contribution in [3.8, 4) is 0 Å². The number of carbonyl (C=O) groups excluding carboxylic acids is 3. The maximum absolute atomic E-state index is 13.8. The molecular formula is C17H13ClFNO3. The van der Waals surface area contributed by atoms with Gasteiger partial charge in [-0.1, -0.05) is 23.7 Å². The number of ketones is 2. The minimum absolute atomic E-state index is 0.0551. The molecule has 0 fully saturated rings. The highest BCUT2D eigenvalue weighted by Crippen LogP contribution is 2.24. The number of benzene rings is 2. The van der Waals surface area contributed by atoms with Gasteiger partial charge in [-0.25, -0.2) is 4.39 Å². The number of carbonyl (C=O) groups is 3. The van der Waals surface area contributed by atoms with Crippen molar-refractivity contribution in [2.45, 2.75) is 13.3 Å². The van der Waals surface area contributed by atoms with Gasteiger partial charge in [0.05, 0.1) is 17.7 Å². The fourth-order valence-corrected chi connectivity index (χ4v) is 2.20. The van der Waals surface area contributed by atoms with Gasteiger partial charge in [0.1, 0.15) is 11.6 Å². The Bertz CT molecular complexity index is 789. The molecule has 1 amide bonds. The summed E-state index contributed by atoms with van der Waals surface area (Å²) in [6, 6.07) is 9.80. The molecule has 1 N–H and O–H groups in total. The predicted molar refractivity (Wildman–Crippen MR) is 85.2 cm³/mol. The molecule has 0 bridgehead atoms. The highest BCUT2D eigenvalue weighted by atomic mass is 35.5. The molecule has 0 aliphatic rings. The summed E-state index contributed by atoms with van der Waals surface area (Å²) in [7, 11) is 0. The first-order chi connectivity index (χ1) is 10.9. The molecule has 0 radical (unpaired) electrons. The van der Waals surface area contributed by atoms with Crippen LogP contribution >= 0.6 is 11.6 Å². The smallest absolute Gasteiger partial charge is 0.231 e. The van der Waals surface area contributed by atoms with E-state index in [2.05, 4.69) is 5.32 Å². The third-order valence-corrected chi connectivity index (χ3v) is 3.26. The van der Waals surface area contributed by atoms with Crippen molar-refractivity contribution >= 4 is 34.8 Å². The molecule has 0 aromatic heterocycles. The quantitative estimate of drug-likeness (QED) is 0.671. The van der Waals surface area contributed by atoms with Crippen molar-refractivity contribution in [1.29, 1.82) is 0 Å². The summed E-state index contributed by atoms with van der Waals surface area (Å²) in [6.07, 6.45) is -0.310. The van der Waals surface area contributed by atoms with Crippen molar-refractivity contribution in [3.63, 3.8) is 0 Å². The third-order valence-electron chi connectivity index (χ3n) is 3.03. The van der Waals surface area contributed by atoms with Gasteiger partial charge in [-0.15, -0.1) is 0 Å². The van der Waals surface area contributed by atoms with Crippen LogP contribution in [0.5, 0.6) is 0 Å². The summed E-state index contributed by atoms with van der Waals surface area (Å²) in [5.74, 6) is -2.14. The standard InChI is InChI=1S/C17H13ClFNO3/c1-10(21)8-16(22)20-15-7-6-11(18)9-13(15)17(23)12-4-2-3-5-14(12)19/h2-7,9H,8H2,1H3,(H,20,22). The monoisotopic (exact) mass is 333 g/mol. The van der Waals surface area contributed by atoms with Crippen LogP contribution in [0.2, 0.25) is 5.02 Å². The number of rotatable bonds is 5. The SMILES string of the molecule is CC(=O)CC(=O)Nc1ccc(Cl)cc1C(=O)c1ccccc1F. The van der Waals surface area contributed by atoms with Crippen LogP contribution in [-0.2, 0) is 9.59 Å². The van der Waals surface area contributed by atoms with Gasteiger partial charge in [-0.05, 0) is 37.3 Å². The van der Waals surface area contributed by atoms with Gasteiger partial charge in [0.15, 0.2) is 5.78 Å². The lowest BCUT2D eigenvalue weighted by molar-refractivity contribution is -0.124. The van der Waals surface area contributed by atoms with Gasteiger partial charge in [0.25, 0.3) is 0 Å². The zero-order chi connectivity index (χ0) is 17.0. The lowest BCUT2D eigenvalue weighted by Crippen LogP contribution is -2.17. The van der Waals surface area contributed by atoms with E-state index in [1.54, 1.807) is 0 Å². The van der Waals surface area contributed by atoms with Gasteiger partial charge < -0.3 is 5.32 Å². The predicted octanol–water partition coefficient (Wildman–Crippen LogP) is 3.63. The Morgan fingerprint density at radius 1 is 1.09 bits per heavy atom. The molecule has 2 aromatic carbocycles. The fraction of sp³-hybridized carbons (Fsp3) is 0.118. The first kappa shape index (κ1) is 16.8. The van der Waals surface area contributed by atoms with Crippen LogP contribution in [0.4, 0.5) is 10.1 Å². The summed E-state index contributed by atoms with van der Waals surface area (Å²) in [6.45, 7) is 1.28. The Hall–Kier alpha value is -2.53. The summed E-state index contributed by atoms with van der Waals surface area (Å²) in [5, 5.41) is 2.75. The Morgan fingerprint density at radius 2 is 1.78 bits per heavy atom. The van der Waals surface area contributed by atoms with E-state index in [-0.39, 0.29) is 34.0 Å². The first-order valence-corrected chi connectivity index (χ1v) is 7.14. The third kappa shape index (κ3) is 4.23. The topological polar surface area (TPSA) is 63.2 Å². The Labute approximate surface area is 137 Å². The average molecular weight is 334 g/mol. The second kappa shape index (κ2) is 7.15. The number of hydrogen-bond acceptors (Lipinski definition) is 3. The minimum atomic E-state index is -0.668. The van der Waals surface area contributed by atoms with E-state index in [1.807, 2.05) is 0 Å². The van der Waals surface area contributed by atoms with Gasteiger partial charge in [-0.3, -0.25) is 14.4 Å². The van der Waals surface area contributed by atoms with Crippen LogP contribution in [0.3, 0.4) is 0 Å². The van der Waals surface area contributed by atoms with E-state index in [0.717, 1.165) is 0 Å². The number of hydrogen-bond donors (Lipinski definition) is 1. The first-order valence-electron chi connectivity index (χ1n) is 6.76. The van der Waals surface area contributed by atoms with Crippen LogP contribution in [-0.4, -0.2) is 17.5 Å². The molecular weight excluding hydrogens is 321 g/mol. The van der Waals surface area contributed by atoms with Crippen LogP contribution in [0.25, 0.3) is 0 Å². The fourth-order valence-electron chi connectivity index (χ4n) is 2.02. The molecule has 0 aliphatic heterocycles. The molecule has 4 nitrogen and oxygen atoms in total. The zero-order valence-electron chi connectivity index (χ0n) is 12.2. The normalized spacial score (nSPS) is 10.2. The van der Waals surface area contributed by atoms with Crippen molar-refractivity contribution < 1.29 is 18.8 Å². The minimum Gasteiger partial charge on any atom is -0.325 e. The number of Topliss-reactive ketones (excluding diaryl/α,β-unsaturated/α-hetero) is 1. The number of anilines is 1. The second-order valence-corrected chi connectivity index (χ2v) is 5.36. The van der Waals surface area contributed by atoms with Crippen molar-refractivity contribution in [1.82, 2.24) is 0 Å². The van der Waals surface area contributed by atoms with E-state index in [9.17, 15) is 18.8 Å². The molecule has 2 aromatic rings. The van der Waals surface area contributed by atoms with Crippen LogP contribution in [0.15, 0.2) is 42.5 Å². The molecule has 0 saturated carbocycles. The second-order valence-electron chi connectivity index (χ2n) is 4.93. The van der Waals surface area contributed by atoms with Gasteiger partial charge in [-0.2, -0.15) is 0 Å². The number of halogens is 2. The molecule has 0 spiro atoms. The Balaban J connectivity index is 2.39. The number of nitrogens with one attached hydrogen (secondary N) is 1. The van der Waals surface area contributed by atoms with E-state index in [0.29, 0.717) is 0 Å². The number of amides is 1. The van der Waals surface area contributed by atoms with E-state index in [4.69, 9.17) is 11.6 Å². The molecule has 118 valence electrons. The molecule has 0 heterocycles. The maximum atomic E-state index is 13.8. The molecule has 0 unspecified atom stereocenters. The van der Waals surface area contributed by atoms with Crippen LogP contribution < -0.4 is 5.32 Å². The molecule has 23 heavy (non-hydrogen) atoms. The van der Waals surface area contributed by atoms with Gasteiger partial charge >= 0.3 is 0 Å². The highest BCUT2D eigenvalue weighted by molar-refractivity contribution is 6.31. The summed E-state index contributed by atoms with van der Waals surface area (Å²) >= 11 is 5.90. The summed E-state index contributed by atoms with van der Waals surface area (Å²) in [4.78, 5) is 35.2. The lowest BCUT2D eigenvalue weighted by Gasteiger charge is -2.11. The summed E-state index contributed by atoms with van der Waals surface area (Å²) < 4.78 is 13.8. The maximum Gasteiger partial charge on any atom is 0.231 e. The van der Waals surface area contributed by atoms with E-state index < -0.39 is 17.5 Å². The van der Waals surface area contributed by atoms with Crippen LogP contribution in [0.1, 0.15) is 29.3 Å². The van der Waals surface area contributed by atoms with Gasteiger partial charge in [0.2, 0.25) is 5.91 Å².